The van der Waals surface area contributed by atoms with Gasteiger partial charge in [-0.1, -0.05) is 12.1 Å². The second kappa shape index (κ2) is 7.44. The number of nitrogens with zero attached hydrogens (tertiary/aromatic N) is 4. The number of rotatable bonds is 3. The van der Waals surface area contributed by atoms with E-state index in [1.54, 1.807) is 18.3 Å². The van der Waals surface area contributed by atoms with E-state index in [9.17, 15) is 9.18 Å². The third-order valence-corrected chi connectivity index (χ3v) is 5.96. The number of aromatic nitrogens is 2. The van der Waals surface area contributed by atoms with E-state index < -0.39 is 0 Å². The molecule has 1 amide bonds. The van der Waals surface area contributed by atoms with Crippen molar-refractivity contribution in [3.63, 3.8) is 0 Å². The van der Waals surface area contributed by atoms with E-state index in [0.29, 0.717) is 13.1 Å². The summed E-state index contributed by atoms with van der Waals surface area (Å²) in [6, 6.07) is 12.1. The number of halogens is 1. The van der Waals surface area contributed by atoms with Crippen LogP contribution in [-0.4, -0.2) is 47.2 Å². The molecule has 1 aliphatic heterocycles. The Balaban J connectivity index is 1.46. The number of thiophene rings is 1. The summed E-state index contributed by atoms with van der Waals surface area (Å²) in [6.45, 7) is 4.76. The summed E-state index contributed by atoms with van der Waals surface area (Å²) in [5.41, 5.74) is 1.97. The van der Waals surface area contributed by atoms with Crippen LogP contribution in [0, 0.1) is 12.7 Å². The van der Waals surface area contributed by atoms with Gasteiger partial charge < -0.3 is 9.80 Å². The van der Waals surface area contributed by atoms with Gasteiger partial charge >= 0.3 is 0 Å². The Morgan fingerprint density at radius 1 is 1.11 bits per heavy atom. The van der Waals surface area contributed by atoms with Crippen LogP contribution in [0.25, 0.3) is 10.4 Å². The first-order valence-corrected chi connectivity index (χ1v) is 9.62. The highest BCUT2D eigenvalue weighted by Crippen LogP contribution is 2.33. The molecule has 1 aromatic carbocycles. The average Bonchev–Trinajstić information content (AvgIpc) is 3.10. The Hall–Kier alpha value is -2.80. The fraction of sp³-hybridized carbons (Fsp3) is 0.250. The highest BCUT2D eigenvalue weighted by atomic mass is 32.1. The smallest absolute Gasteiger partial charge is 0.264 e. The van der Waals surface area contributed by atoms with Gasteiger partial charge in [-0.2, -0.15) is 5.10 Å². The van der Waals surface area contributed by atoms with E-state index in [-0.39, 0.29) is 11.7 Å². The van der Waals surface area contributed by atoms with Crippen molar-refractivity contribution in [2.24, 2.45) is 0 Å². The summed E-state index contributed by atoms with van der Waals surface area (Å²) in [7, 11) is 0. The predicted molar refractivity (Wildman–Crippen MR) is 105 cm³/mol. The van der Waals surface area contributed by atoms with Crippen LogP contribution in [0.4, 0.5) is 10.2 Å². The van der Waals surface area contributed by atoms with Crippen LogP contribution >= 0.6 is 11.3 Å². The Morgan fingerprint density at radius 2 is 1.85 bits per heavy atom. The molecule has 0 N–H and O–H groups in total. The average molecular weight is 382 g/mol. The third kappa shape index (κ3) is 3.68. The molecular formula is C20H19FN4OS. The van der Waals surface area contributed by atoms with Crippen LogP contribution in [-0.2, 0) is 0 Å². The Morgan fingerprint density at radius 3 is 2.52 bits per heavy atom. The van der Waals surface area contributed by atoms with E-state index >= 15 is 0 Å². The molecule has 27 heavy (non-hydrogen) atoms. The van der Waals surface area contributed by atoms with Gasteiger partial charge in [0, 0.05) is 37.3 Å². The molecule has 1 fully saturated rings. The predicted octanol–water partition coefficient (Wildman–Crippen LogP) is 3.62. The number of carbonyl (C=O) groups excluding carboxylic acids is 1. The van der Waals surface area contributed by atoms with Crippen molar-refractivity contribution in [2.75, 3.05) is 31.1 Å². The number of aryl methyl sites for hydroxylation is 1. The van der Waals surface area contributed by atoms with Crippen LogP contribution < -0.4 is 4.90 Å². The zero-order valence-electron chi connectivity index (χ0n) is 14.9. The zero-order chi connectivity index (χ0) is 18.8. The van der Waals surface area contributed by atoms with E-state index in [2.05, 4.69) is 15.1 Å². The molecule has 0 bridgehead atoms. The van der Waals surface area contributed by atoms with Gasteiger partial charge in [-0.15, -0.1) is 16.4 Å². The van der Waals surface area contributed by atoms with Crippen molar-refractivity contribution < 1.29 is 9.18 Å². The van der Waals surface area contributed by atoms with E-state index in [1.807, 2.05) is 30.0 Å². The van der Waals surface area contributed by atoms with Gasteiger partial charge in [0.1, 0.15) is 5.82 Å². The summed E-state index contributed by atoms with van der Waals surface area (Å²) in [6.07, 6.45) is 1.65. The topological polar surface area (TPSA) is 49.3 Å². The highest BCUT2D eigenvalue weighted by Gasteiger charge is 2.24. The maximum absolute atomic E-state index is 13.2. The normalized spacial score (nSPS) is 14.4. The lowest BCUT2D eigenvalue weighted by atomic mass is 10.1. The van der Waals surface area contributed by atoms with Crippen molar-refractivity contribution in [1.29, 1.82) is 0 Å². The molecule has 2 aromatic heterocycles. The SMILES string of the molecule is Cc1cc(C(=O)N2CCN(c3cccnn3)CC2)sc1-c1ccc(F)cc1. The summed E-state index contributed by atoms with van der Waals surface area (Å²) < 4.78 is 13.2. The molecule has 7 heteroatoms. The minimum absolute atomic E-state index is 0.0512. The minimum atomic E-state index is -0.259. The third-order valence-electron chi connectivity index (χ3n) is 4.68. The number of carbonyl (C=O) groups is 1. The van der Waals surface area contributed by atoms with Crippen molar-refractivity contribution in [3.8, 4) is 10.4 Å². The lowest BCUT2D eigenvalue weighted by Gasteiger charge is -2.34. The van der Waals surface area contributed by atoms with Crippen molar-refractivity contribution in [1.82, 2.24) is 15.1 Å². The van der Waals surface area contributed by atoms with Gasteiger partial charge in [-0.3, -0.25) is 4.79 Å². The molecule has 138 valence electrons. The highest BCUT2D eigenvalue weighted by molar-refractivity contribution is 7.17. The summed E-state index contributed by atoms with van der Waals surface area (Å²) >= 11 is 1.47. The molecule has 3 heterocycles. The molecule has 0 atom stereocenters. The van der Waals surface area contributed by atoms with Crippen LogP contribution in [0.3, 0.4) is 0 Å². The number of benzene rings is 1. The summed E-state index contributed by atoms with van der Waals surface area (Å²) in [4.78, 5) is 18.7. The minimum Gasteiger partial charge on any atom is -0.352 e. The summed E-state index contributed by atoms with van der Waals surface area (Å²) in [5.74, 6) is 0.635. The van der Waals surface area contributed by atoms with Gasteiger partial charge in [0.05, 0.1) is 4.88 Å². The van der Waals surface area contributed by atoms with Gasteiger partial charge in [-0.25, -0.2) is 4.39 Å². The molecule has 1 saturated heterocycles. The molecule has 1 aliphatic rings. The maximum Gasteiger partial charge on any atom is 0.264 e. The van der Waals surface area contributed by atoms with E-state index in [4.69, 9.17) is 0 Å². The Labute approximate surface area is 161 Å². The van der Waals surface area contributed by atoms with Crippen molar-refractivity contribution >= 4 is 23.1 Å². The number of piperazine rings is 1. The Bertz CT molecular complexity index is 934. The lowest BCUT2D eigenvalue weighted by Crippen LogP contribution is -2.48. The van der Waals surface area contributed by atoms with E-state index in [1.165, 1.54) is 23.5 Å². The van der Waals surface area contributed by atoms with Crippen LogP contribution in [0.2, 0.25) is 0 Å². The largest absolute Gasteiger partial charge is 0.352 e. The van der Waals surface area contributed by atoms with Gasteiger partial charge in [0.15, 0.2) is 5.82 Å². The fourth-order valence-electron chi connectivity index (χ4n) is 3.23. The van der Waals surface area contributed by atoms with E-state index in [0.717, 1.165) is 39.8 Å². The number of anilines is 1. The molecule has 4 rings (SSSR count). The first kappa shape index (κ1) is 17.6. The van der Waals surface area contributed by atoms with Crippen molar-refractivity contribution in [3.05, 3.63) is 64.9 Å². The first-order valence-electron chi connectivity index (χ1n) is 8.80. The number of hydrogen-bond acceptors (Lipinski definition) is 5. The van der Waals surface area contributed by atoms with Crippen LogP contribution in [0.15, 0.2) is 48.7 Å². The molecule has 0 radical (unpaired) electrons. The van der Waals surface area contributed by atoms with Crippen molar-refractivity contribution in [2.45, 2.75) is 6.92 Å². The first-order chi connectivity index (χ1) is 13.1. The fourth-order valence-corrected chi connectivity index (χ4v) is 4.38. The molecule has 0 aliphatic carbocycles. The monoisotopic (exact) mass is 382 g/mol. The maximum atomic E-state index is 13.2. The molecule has 3 aromatic rings. The lowest BCUT2D eigenvalue weighted by molar-refractivity contribution is 0.0751. The Kier molecular flexibility index (Phi) is 4.85. The molecular weight excluding hydrogens is 363 g/mol. The molecule has 5 nitrogen and oxygen atoms in total. The summed E-state index contributed by atoms with van der Waals surface area (Å²) in [5, 5.41) is 8.05. The van der Waals surface area contributed by atoms with Gasteiger partial charge in [-0.05, 0) is 48.4 Å². The molecule has 0 unspecified atom stereocenters. The second-order valence-electron chi connectivity index (χ2n) is 6.49. The number of hydrogen-bond donors (Lipinski definition) is 0. The van der Waals surface area contributed by atoms with Gasteiger partial charge in [0.2, 0.25) is 0 Å². The standard InChI is InChI=1S/C20H19FN4OS/c1-14-13-17(27-19(14)15-4-6-16(21)7-5-15)20(26)25-11-9-24(10-12-25)18-3-2-8-22-23-18/h2-8,13H,9-12H2,1H3. The quantitative estimate of drug-likeness (QED) is 0.694. The van der Waals surface area contributed by atoms with Gasteiger partial charge in [0.25, 0.3) is 5.91 Å². The zero-order valence-corrected chi connectivity index (χ0v) is 15.7. The van der Waals surface area contributed by atoms with Crippen LogP contribution in [0.5, 0.6) is 0 Å². The second-order valence-corrected chi connectivity index (χ2v) is 7.54. The molecule has 0 spiro atoms. The van der Waals surface area contributed by atoms with Crippen LogP contribution in [0.1, 0.15) is 15.2 Å². The molecule has 0 saturated carbocycles. The number of amides is 1.